The molecule has 6 heteroatoms. The van der Waals surface area contributed by atoms with Gasteiger partial charge in [-0.05, 0) is 72.3 Å². The van der Waals surface area contributed by atoms with Gasteiger partial charge in [-0.2, -0.15) is 22.7 Å². The second-order valence-electron chi connectivity index (χ2n) is 14.1. The van der Waals surface area contributed by atoms with Gasteiger partial charge < -0.3 is 9.97 Å². The molecule has 0 saturated heterocycles. The maximum atomic E-state index is 4.80. The Bertz CT molecular complexity index is 2380. The third kappa shape index (κ3) is 7.08. The summed E-state index contributed by atoms with van der Waals surface area (Å²) < 4.78 is 5.19. The van der Waals surface area contributed by atoms with Gasteiger partial charge in [-0.3, -0.25) is 0 Å². The second kappa shape index (κ2) is 14.4. The number of rotatable bonds is 5. The monoisotopic (exact) mass is 869 g/mol. The van der Waals surface area contributed by atoms with Crippen molar-refractivity contribution in [1.29, 1.82) is 0 Å². The summed E-state index contributed by atoms with van der Waals surface area (Å²) in [5.41, 5.74) is 6.93. The minimum Gasteiger partial charge on any atom is -0.305 e. The van der Waals surface area contributed by atoms with Crippen molar-refractivity contribution < 1.29 is 20.1 Å². The van der Waals surface area contributed by atoms with E-state index in [1.807, 2.05) is 59.3 Å². The van der Waals surface area contributed by atoms with Crippen molar-refractivity contribution in [1.82, 2.24) is 9.97 Å². The zero-order chi connectivity index (χ0) is 33.6. The van der Waals surface area contributed by atoms with Crippen molar-refractivity contribution in [3.05, 3.63) is 127 Å². The predicted molar refractivity (Wildman–Crippen MR) is 214 cm³/mol. The second-order valence-corrected chi connectivity index (χ2v) is 21.3. The van der Waals surface area contributed by atoms with E-state index in [9.17, 15) is 0 Å². The van der Waals surface area contributed by atoms with E-state index in [1.54, 1.807) is 0 Å². The van der Waals surface area contributed by atoms with Crippen LogP contribution >= 0.6 is 22.7 Å². The van der Waals surface area contributed by atoms with Gasteiger partial charge in [0.15, 0.2) is 0 Å². The predicted octanol–water partition coefficient (Wildman–Crippen LogP) is 12.6. The molecule has 0 aliphatic carbocycles. The molecular weight excluding hydrogens is 829 g/mol. The smallest absolute Gasteiger partial charge is 0.0795 e. The van der Waals surface area contributed by atoms with Crippen LogP contribution in [0.4, 0.5) is 0 Å². The Hall–Kier alpha value is -3.51. The molecule has 0 unspecified atom stereocenters. The van der Waals surface area contributed by atoms with Gasteiger partial charge >= 0.3 is 0 Å². The molecule has 4 heterocycles. The van der Waals surface area contributed by atoms with Crippen LogP contribution in [0.1, 0.15) is 50.7 Å². The maximum absolute atomic E-state index is 4.80. The molecule has 1 radical (unpaired) electrons. The Morgan fingerprint density at radius 2 is 1.41 bits per heavy atom. The fourth-order valence-corrected chi connectivity index (χ4v) is 9.54. The Morgan fingerprint density at radius 1 is 0.673 bits per heavy atom. The molecule has 4 aromatic heterocycles. The largest absolute Gasteiger partial charge is 0.305 e. The number of thiophene rings is 2. The SMILES string of the molecule is CC(C)c1ccnc(-c2[c-]c3sc4ccccc4c3c3c2sc2cc(C(C)C)ccc23)c1.C[Si](C)(C)c1ccc(-c2[c-]cccc2)nc1.[Ir]. The summed E-state index contributed by atoms with van der Waals surface area (Å²) in [5, 5.41) is 6.77. The topological polar surface area (TPSA) is 25.8 Å². The van der Waals surface area contributed by atoms with E-state index >= 15 is 0 Å². The standard InChI is InChI=1S/C29H24NS2.C14H16NSi.Ir/c1-16(2)18-9-10-21-25(14-18)32-29-22(23-13-19(17(3)4)11-12-30-23)15-26-27(28(21)29)20-7-5-6-8-24(20)31-26;1-16(2,3)13-9-10-14(15-11-13)12-7-5-4-6-8-12;/h5-14,16-17H,1-4H3;4-7,9-11H,1-3H3;/q2*-1;. The van der Waals surface area contributed by atoms with E-state index in [-0.39, 0.29) is 20.1 Å². The van der Waals surface area contributed by atoms with Crippen molar-refractivity contribution in [2.75, 3.05) is 0 Å². The summed E-state index contributed by atoms with van der Waals surface area (Å²) in [5.74, 6) is 0.985. The van der Waals surface area contributed by atoms with Crippen LogP contribution in [0.3, 0.4) is 0 Å². The van der Waals surface area contributed by atoms with Gasteiger partial charge in [-0.25, -0.2) is 0 Å². The number of pyridine rings is 2. The van der Waals surface area contributed by atoms with Crippen LogP contribution in [0.5, 0.6) is 0 Å². The van der Waals surface area contributed by atoms with E-state index in [0.29, 0.717) is 11.8 Å². The zero-order valence-electron chi connectivity index (χ0n) is 29.0. The van der Waals surface area contributed by atoms with Crippen LogP contribution in [0.25, 0.3) is 62.9 Å². The van der Waals surface area contributed by atoms with Gasteiger partial charge in [0.2, 0.25) is 0 Å². The molecule has 4 aromatic carbocycles. The van der Waals surface area contributed by atoms with Crippen molar-refractivity contribution in [3.63, 3.8) is 0 Å². The first-order valence-corrected chi connectivity index (χ1v) is 21.8. The number of hydrogen-bond donors (Lipinski definition) is 0. The molecule has 0 atom stereocenters. The molecule has 0 N–H and O–H groups in total. The first-order chi connectivity index (χ1) is 23.1. The van der Waals surface area contributed by atoms with Crippen LogP contribution in [0.2, 0.25) is 19.6 Å². The quantitative estimate of drug-likeness (QED) is 0.127. The van der Waals surface area contributed by atoms with Crippen molar-refractivity contribution >= 4 is 76.3 Å². The number of benzene rings is 4. The van der Waals surface area contributed by atoms with Gasteiger partial charge in [0.05, 0.1) is 8.07 Å². The third-order valence-corrected chi connectivity index (χ3v) is 13.3. The third-order valence-electron chi connectivity index (χ3n) is 9.01. The molecule has 0 fully saturated rings. The van der Waals surface area contributed by atoms with E-state index in [4.69, 9.17) is 4.98 Å². The first-order valence-electron chi connectivity index (χ1n) is 16.7. The minimum atomic E-state index is -1.23. The molecule has 249 valence electrons. The summed E-state index contributed by atoms with van der Waals surface area (Å²) >= 11 is 3.73. The van der Waals surface area contributed by atoms with Gasteiger partial charge in [0.25, 0.3) is 0 Å². The summed E-state index contributed by atoms with van der Waals surface area (Å²) in [4.78, 5) is 9.32. The van der Waals surface area contributed by atoms with Gasteiger partial charge in [-0.15, -0.1) is 47.5 Å². The molecule has 0 saturated carbocycles. The molecule has 0 spiro atoms. The molecule has 0 aliphatic heterocycles. The van der Waals surface area contributed by atoms with Crippen LogP contribution in [-0.4, -0.2) is 18.0 Å². The fourth-order valence-electron chi connectivity index (χ4n) is 6.12. The average molecular weight is 869 g/mol. The number of aromatic nitrogens is 2. The van der Waals surface area contributed by atoms with Gasteiger partial charge in [-0.1, -0.05) is 112 Å². The molecule has 2 nitrogen and oxygen atoms in total. The summed E-state index contributed by atoms with van der Waals surface area (Å²) in [6.07, 6.45) is 3.96. The molecule has 0 bridgehead atoms. The minimum absolute atomic E-state index is 0. The number of fused-ring (bicyclic) bond motifs is 7. The normalized spacial score (nSPS) is 11.8. The van der Waals surface area contributed by atoms with Crippen LogP contribution < -0.4 is 5.19 Å². The molecule has 8 aromatic rings. The fraction of sp³-hybridized carbons (Fsp3) is 0.209. The van der Waals surface area contributed by atoms with Gasteiger partial charge in [0.1, 0.15) is 0 Å². The first kappa shape index (κ1) is 35.3. The van der Waals surface area contributed by atoms with Crippen molar-refractivity contribution in [3.8, 4) is 22.5 Å². The Balaban J connectivity index is 0.000000208. The zero-order valence-corrected chi connectivity index (χ0v) is 34.0. The van der Waals surface area contributed by atoms with Crippen molar-refractivity contribution in [2.24, 2.45) is 0 Å². The van der Waals surface area contributed by atoms with Crippen LogP contribution in [-0.2, 0) is 20.1 Å². The molecule has 49 heavy (non-hydrogen) atoms. The molecule has 0 amide bonds. The van der Waals surface area contributed by atoms with Crippen LogP contribution in [0.15, 0.2) is 103 Å². The Labute approximate surface area is 312 Å². The number of nitrogens with zero attached hydrogens (tertiary/aromatic N) is 2. The summed E-state index contributed by atoms with van der Waals surface area (Å²) in [6.45, 7) is 16.0. The Morgan fingerprint density at radius 3 is 2.10 bits per heavy atom. The van der Waals surface area contributed by atoms with E-state index in [0.717, 1.165) is 22.5 Å². The molecule has 8 rings (SSSR count). The van der Waals surface area contributed by atoms with E-state index in [2.05, 4.69) is 131 Å². The summed E-state index contributed by atoms with van der Waals surface area (Å²) in [6, 6.07) is 39.4. The molecule has 0 aliphatic rings. The van der Waals surface area contributed by atoms with Crippen molar-refractivity contribution in [2.45, 2.75) is 59.2 Å². The average Bonchev–Trinajstić information content (AvgIpc) is 3.66. The van der Waals surface area contributed by atoms with Crippen LogP contribution in [0, 0.1) is 12.1 Å². The van der Waals surface area contributed by atoms with E-state index < -0.39 is 8.07 Å². The maximum Gasteiger partial charge on any atom is 0.0795 e. The number of hydrogen-bond acceptors (Lipinski definition) is 4. The Kier molecular flexibility index (Phi) is 10.4. The summed E-state index contributed by atoms with van der Waals surface area (Å²) in [7, 11) is -1.23. The van der Waals surface area contributed by atoms with E-state index in [1.165, 1.54) is 56.7 Å². The molecular formula is C43H40IrN2S2Si-2. The van der Waals surface area contributed by atoms with Gasteiger partial charge in [0, 0.05) is 41.9 Å².